The van der Waals surface area contributed by atoms with Crippen molar-refractivity contribution in [1.82, 2.24) is 0 Å². The van der Waals surface area contributed by atoms with Gasteiger partial charge in [-0.15, -0.1) is 0 Å². The molecule has 6 nitrogen and oxygen atoms in total. The van der Waals surface area contributed by atoms with Crippen molar-refractivity contribution in [3.8, 4) is 0 Å². The largest absolute Gasteiger partial charge is 0.481 e. The molecular formula is C13H15BrN2O4. The lowest BCUT2D eigenvalue weighted by Gasteiger charge is -2.24. The Balaban J connectivity index is 2.18. The van der Waals surface area contributed by atoms with Crippen LogP contribution >= 0.6 is 15.9 Å². The first-order valence-electron chi connectivity index (χ1n) is 6.36. The van der Waals surface area contributed by atoms with E-state index in [-0.39, 0.29) is 12.2 Å². The Kier molecular flexibility index (Phi) is 4.27. The van der Waals surface area contributed by atoms with Crippen LogP contribution in [0.4, 0.5) is 11.4 Å². The first-order chi connectivity index (χ1) is 9.44. The van der Waals surface area contributed by atoms with Crippen molar-refractivity contribution in [2.24, 2.45) is 5.41 Å². The van der Waals surface area contributed by atoms with Crippen LogP contribution in [0.5, 0.6) is 0 Å². The highest BCUT2D eigenvalue weighted by Crippen LogP contribution is 2.39. The summed E-state index contributed by atoms with van der Waals surface area (Å²) in [5.41, 5.74) is -0.510. The number of nitrogens with zero attached hydrogens (tertiary/aromatic N) is 1. The molecule has 7 heteroatoms. The molecule has 108 valence electrons. The molecule has 1 fully saturated rings. The van der Waals surface area contributed by atoms with E-state index in [1.165, 1.54) is 6.07 Å². The quantitative estimate of drug-likeness (QED) is 0.631. The van der Waals surface area contributed by atoms with Crippen molar-refractivity contribution in [1.29, 1.82) is 0 Å². The van der Waals surface area contributed by atoms with Gasteiger partial charge < -0.3 is 10.4 Å². The fraction of sp³-hybridized carbons (Fsp3) is 0.462. The lowest BCUT2D eigenvalue weighted by Crippen LogP contribution is -2.35. The predicted octanol–water partition coefficient (Wildman–Crippen LogP) is 3.41. The number of nitro benzene ring substituents is 1. The van der Waals surface area contributed by atoms with Gasteiger partial charge in [0.05, 0.1) is 10.3 Å². The number of aliphatic carboxylic acids is 1. The van der Waals surface area contributed by atoms with Crippen LogP contribution in [-0.4, -0.2) is 22.5 Å². The molecule has 1 aromatic rings. The number of hydrogen-bond acceptors (Lipinski definition) is 4. The van der Waals surface area contributed by atoms with Gasteiger partial charge in [0.1, 0.15) is 5.69 Å². The maximum absolute atomic E-state index is 11.4. The first kappa shape index (κ1) is 14.8. The predicted molar refractivity (Wildman–Crippen MR) is 77.8 cm³/mol. The highest BCUT2D eigenvalue weighted by molar-refractivity contribution is 9.10. The van der Waals surface area contributed by atoms with E-state index in [9.17, 15) is 20.0 Å². The average molecular weight is 343 g/mol. The van der Waals surface area contributed by atoms with E-state index < -0.39 is 16.3 Å². The first-order valence-corrected chi connectivity index (χ1v) is 7.15. The molecule has 20 heavy (non-hydrogen) atoms. The molecule has 0 bridgehead atoms. The second-order valence-corrected chi connectivity index (χ2v) is 5.98. The van der Waals surface area contributed by atoms with E-state index in [0.717, 1.165) is 12.8 Å². The maximum Gasteiger partial charge on any atom is 0.311 e. The zero-order valence-corrected chi connectivity index (χ0v) is 12.4. The second-order valence-electron chi connectivity index (χ2n) is 5.06. The van der Waals surface area contributed by atoms with E-state index in [1.54, 1.807) is 12.1 Å². The summed E-state index contributed by atoms with van der Waals surface area (Å²) in [6.07, 6.45) is 2.99. The van der Waals surface area contributed by atoms with Gasteiger partial charge in [-0.05, 0) is 25.0 Å². The Morgan fingerprint density at radius 3 is 2.65 bits per heavy atom. The van der Waals surface area contributed by atoms with E-state index in [2.05, 4.69) is 21.2 Å². The van der Waals surface area contributed by atoms with E-state index >= 15 is 0 Å². The number of halogens is 1. The fourth-order valence-electron chi connectivity index (χ4n) is 2.59. The van der Waals surface area contributed by atoms with E-state index in [1.807, 2.05) is 0 Å². The van der Waals surface area contributed by atoms with Gasteiger partial charge in [0.15, 0.2) is 0 Å². The van der Waals surface area contributed by atoms with Crippen LogP contribution in [-0.2, 0) is 4.79 Å². The van der Waals surface area contributed by atoms with Crippen LogP contribution in [0.3, 0.4) is 0 Å². The molecule has 1 aliphatic rings. The number of hydrogen-bond donors (Lipinski definition) is 2. The number of carboxylic acid groups (broad SMARTS) is 1. The molecule has 0 aliphatic heterocycles. The fourth-order valence-corrected chi connectivity index (χ4v) is 2.94. The highest BCUT2D eigenvalue weighted by atomic mass is 79.9. The number of carbonyl (C=O) groups is 1. The standard InChI is InChI=1S/C13H15BrN2O4/c14-9-3-4-10(11(7-9)16(19)20)15-8-13(12(17)18)5-1-2-6-13/h3-4,7,15H,1-2,5-6,8H2,(H,17,18). The summed E-state index contributed by atoms with van der Waals surface area (Å²) < 4.78 is 0.614. The SMILES string of the molecule is O=C(O)C1(CNc2ccc(Br)cc2[N+](=O)[O-])CCCC1. The number of nitro groups is 1. The maximum atomic E-state index is 11.4. The third kappa shape index (κ3) is 2.92. The summed E-state index contributed by atoms with van der Waals surface area (Å²) in [6.45, 7) is 0.213. The molecule has 1 aromatic carbocycles. The molecule has 0 atom stereocenters. The Labute approximate surface area is 124 Å². The Morgan fingerprint density at radius 2 is 2.10 bits per heavy atom. The van der Waals surface area contributed by atoms with Gasteiger partial charge in [-0.25, -0.2) is 0 Å². The Morgan fingerprint density at radius 1 is 1.45 bits per heavy atom. The number of anilines is 1. The van der Waals surface area contributed by atoms with Gasteiger partial charge >= 0.3 is 5.97 Å². The van der Waals surface area contributed by atoms with Crippen LogP contribution in [0.1, 0.15) is 25.7 Å². The van der Waals surface area contributed by atoms with Gasteiger partial charge in [0, 0.05) is 17.1 Å². The summed E-state index contributed by atoms with van der Waals surface area (Å²) in [4.78, 5) is 22.0. The molecule has 0 spiro atoms. The van der Waals surface area contributed by atoms with Crippen LogP contribution < -0.4 is 5.32 Å². The zero-order chi connectivity index (χ0) is 14.8. The van der Waals surface area contributed by atoms with Crippen LogP contribution in [0.25, 0.3) is 0 Å². The van der Waals surface area contributed by atoms with Crippen LogP contribution in [0.15, 0.2) is 22.7 Å². The number of carboxylic acids is 1. The van der Waals surface area contributed by atoms with Crippen molar-refractivity contribution in [3.05, 3.63) is 32.8 Å². The summed E-state index contributed by atoms with van der Waals surface area (Å²) >= 11 is 3.19. The van der Waals surface area contributed by atoms with Gasteiger partial charge in [0.25, 0.3) is 5.69 Å². The minimum absolute atomic E-state index is 0.0575. The summed E-state index contributed by atoms with van der Waals surface area (Å²) in [7, 11) is 0. The molecule has 0 radical (unpaired) electrons. The lowest BCUT2D eigenvalue weighted by atomic mass is 9.86. The van der Waals surface area contributed by atoms with Gasteiger partial charge in [-0.3, -0.25) is 14.9 Å². The summed E-state index contributed by atoms with van der Waals surface area (Å²) in [6, 6.07) is 4.69. The average Bonchev–Trinajstić information content (AvgIpc) is 2.87. The minimum Gasteiger partial charge on any atom is -0.481 e. The molecule has 0 amide bonds. The van der Waals surface area contributed by atoms with Crippen molar-refractivity contribution >= 4 is 33.3 Å². The molecule has 0 saturated heterocycles. The Hall–Kier alpha value is -1.63. The van der Waals surface area contributed by atoms with Crippen molar-refractivity contribution in [2.45, 2.75) is 25.7 Å². The molecule has 0 aromatic heterocycles. The van der Waals surface area contributed by atoms with Gasteiger partial charge in [0.2, 0.25) is 0 Å². The summed E-state index contributed by atoms with van der Waals surface area (Å²) in [5.74, 6) is -0.831. The van der Waals surface area contributed by atoms with Crippen molar-refractivity contribution in [2.75, 3.05) is 11.9 Å². The topological polar surface area (TPSA) is 92.5 Å². The molecule has 0 unspecified atom stereocenters. The van der Waals surface area contributed by atoms with Crippen LogP contribution in [0.2, 0.25) is 0 Å². The lowest BCUT2D eigenvalue weighted by molar-refractivity contribution is -0.384. The van der Waals surface area contributed by atoms with Crippen molar-refractivity contribution < 1.29 is 14.8 Å². The van der Waals surface area contributed by atoms with Gasteiger partial charge in [-0.1, -0.05) is 28.8 Å². The molecular weight excluding hydrogens is 328 g/mol. The molecule has 1 aliphatic carbocycles. The molecule has 0 heterocycles. The van der Waals surface area contributed by atoms with Crippen molar-refractivity contribution in [3.63, 3.8) is 0 Å². The van der Waals surface area contributed by atoms with E-state index in [4.69, 9.17) is 0 Å². The molecule has 2 N–H and O–H groups in total. The monoisotopic (exact) mass is 342 g/mol. The van der Waals surface area contributed by atoms with Gasteiger partial charge in [-0.2, -0.15) is 0 Å². The normalized spacial score (nSPS) is 16.9. The summed E-state index contributed by atoms with van der Waals surface area (Å²) in [5, 5.41) is 23.3. The molecule has 1 saturated carbocycles. The number of benzene rings is 1. The second kappa shape index (κ2) is 5.78. The zero-order valence-electron chi connectivity index (χ0n) is 10.8. The van der Waals surface area contributed by atoms with Crippen LogP contribution in [0, 0.1) is 15.5 Å². The van der Waals surface area contributed by atoms with E-state index in [0.29, 0.717) is 23.0 Å². The third-order valence-corrected chi connectivity index (χ3v) is 4.28. The highest BCUT2D eigenvalue weighted by Gasteiger charge is 2.41. The number of rotatable bonds is 5. The third-order valence-electron chi connectivity index (χ3n) is 3.79. The smallest absolute Gasteiger partial charge is 0.311 e. The minimum atomic E-state index is -0.831. The number of nitrogens with one attached hydrogen (secondary N) is 1. The molecule has 2 rings (SSSR count). The Bertz CT molecular complexity index is 541.